The van der Waals surface area contributed by atoms with E-state index in [0.717, 1.165) is 37.8 Å². The molecule has 3 nitrogen and oxygen atoms in total. The molecule has 0 N–H and O–H groups in total. The first kappa shape index (κ1) is 14.8. The smallest absolute Gasteiger partial charge is 0.410 e. The van der Waals surface area contributed by atoms with Crippen molar-refractivity contribution in [3.05, 3.63) is 0 Å². The van der Waals surface area contributed by atoms with Crippen LogP contribution in [0, 0.1) is 35.5 Å². The fourth-order valence-corrected chi connectivity index (χ4v) is 4.18. The molecule has 3 fully saturated rings. The van der Waals surface area contributed by atoms with Gasteiger partial charge in [-0.25, -0.2) is 4.79 Å². The standard InChI is InChI=1S/C18H27NO2/c1-5-13-10-15(13)14-11-18(12-14)6-8-19(9-7-18)16(20)21-17(2,3)4/h1,13-15H,6-12H2,2-4H3/t13-,15-/m0/s1. The Balaban J connectivity index is 1.44. The summed E-state index contributed by atoms with van der Waals surface area (Å²) in [4.78, 5) is 14.0. The zero-order chi connectivity index (χ0) is 15.3. The fraction of sp³-hybridized carbons (Fsp3) is 0.833. The summed E-state index contributed by atoms with van der Waals surface area (Å²) in [5.41, 5.74) is 0.106. The first-order valence-electron chi connectivity index (χ1n) is 8.26. The summed E-state index contributed by atoms with van der Waals surface area (Å²) in [5.74, 6) is 5.14. The predicted octanol–water partition coefficient (Wildman–Crippen LogP) is 3.68. The van der Waals surface area contributed by atoms with E-state index in [1.165, 1.54) is 19.3 Å². The SMILES string of the molecule is C#C[C@H]1C[C@@H]1C1CC2(CCN(C(=O)OC(C)(C)C)CC2)C1. The van der Waals surface area contributed by atoms with E-state index in [1.54, 1.807) is 0 Å². The second-order valence-electron chi connectivity index (χ2n) is 8.31. The largest absolute Gasteiger partial charge is 0.444 e. The Hall–Kier alpha value is -1.17. The van der Waals surface area contributed by atoms with Crippen molar-refractivity contribution < 1.29 is 9.53 Å². The molecule has 1 heterocycles. The van der Waals surface area contributed by atoms with Crippen LogP contribution in [0.1, 0.15) is 52.9 Å². The van der Waals surface area contributed by atoms with Crippen molar-refractivity contribution in [1.82, 2.24) is 4.90 Å². The fourth-order valence-electron chi connectivity index (χ4n) is 4.18. The summed E-state index contributed by atoms with van der Waals surface area (Å²) in [6, 6.07) is 0. The molecule has 1 aliphatic heterocycles. The minimum absolute atomic E-state index is 0.150. The van der Waals surface area contributed by atoms with E-state index in [-0.39, 0.29) is 6.09 Å². The van der Waals surface area contributed by atoms with E-state index in [0.29, 0.717) is 11.3 Å². The van der Waals surface area contributed by atoms with Gasteiger partial charge >= 0.3 is 6.09 Å². The van der Waals surface area contributed by atoms with Crippen LogP contribution in [0.3, 0.4) is 0 Å². The highest BCUT2D eigenvalue weighted by atomic mass is 16.6. The van der Waals surface area contributed by atoms with Crippen LogP contribution >= 0.6 is 0 Å². The maximum absolute atomic E-state index is 12.1. The summed E-state index contributed by atoms with van der Waals surface area (Å²) in [6.45, 7) is 7.47. The molecular formula is C18H27NO2. The van der Waals surface area contributed by atoms with Gasteiger partial charge in [0.25, 0.3) is 0 Å². The summed E-state index contributed by atoms with van der Waals surface area (Å²) < 4.78 is 5.46. The van der Waals surface area contributed by atoms with E-state index in [4.69, 9.17) is 11.2 Å². The Bertz CT molecular complexity index is 455. The second kappa shape index (κ2) is 4.93. The van der Waals surface area contributed by atoms with E-state index >= 15 is 0 Å². The number of terminal acetylenes is 1. The lowest BCUT2D eigenvalue weighted by Crippen LogP contribution is -2.50. The van der Waals surface area contributed by atoms with Crippen LogP contribution < -0.4 is 0 Å². The molecule has 1 saturated heterocycles. The van der Waals surface area contributed by atoms with Gasteiger partial charge in [0.1, 0.15) is 5.60 Å². The first-order valence-corrected chi connectivity index (χ1v) is 8.26. The van der Waals surface area contributed by atoms with Gasteiger partial charge in [-0.05, 0) is 70.1 Å². The highest BCUT2D eigenvalue weighted by Crippen LogP contribution is 2.61. The van der Waals surface area contributed by atoms with Crippen LogP contribution in [-0.4, -0.2) is 29.7 Å². The van der Waals surface area contributed by atoms with Crippen molar-refractivity contribution in [2.75, 3.05) is 13.1 Å². The van der Waals surface area contributed by atoms with Crippen LogP contribution in [0.4, 0.5) is 4.79 Å². The van der Waals surface area contributed by atoms with E-state index in [2.05, 4.69) is 5.92 Å². The molecule has 3 rings (SSSR count). The van der Waals surface area contributed by atoms with E-state index < -0.39 is 5.60 Å². The molecular weight excluding hydrogens is 262 g/mol. The van der Waals surface area contributed by atoms with Gasteiger partial charge in [-0.2, -0.15) is 0 Å². The number of piperidine rings is 1. The predicted molar refractivity (Wildman–Crippen MR) is 82.6 cm³/mol. The minimum atomic E-state index is -0.399. The van der Waals surface area contributed by atoms with Crippen molar-refractivity contribution >= 4 is 6.09 Å². The molecule has 0 radical (unpaired) electrons. The lowest BCUT2D eigenvalue weighted by Gasteiger charge is -2.52. The Morgan fingerprint density at radius 2 is 1.90 bits per heavy atom. The summed E-state index contributed by atoms with van der Waals surface area (Å²) in [5, 5.41) is 0. The Morgan fingerprint density at radius 3 is 2.38 bits per heavy atom. The quantitative estimate of drug-likeness (QED) is 0.689. The molecule has 1 spiro atoms. The maximum atomic E-state index is 12.1. The third-order valence-corrected chi connectivity index (χ3v) is 5.53. The van der Waals surface area contributed by atoms with Crippen molar-refractivity contribution in [3.8, 4) is 12.3 Å². The second-order valence-corrected chi connectivity index (χ2v) is 8.31. The lowest BCUT2D eigenvalue weighted by atomic mass is 9.56. The molecule has 0 unspecified atom stereocenters. The average Bonchev–Trinajstić information content (AvgIpc) is 3.13. The number of carbonyl (C=O) groups is 1. The molecule has 116 valence electrons. The van der Waals surface area contributed by atoms with Crippen molar-refractivity contribution in [3.63, 3.8) is 0 Å². The summed E-state index contributed by atoms with van der Waals surface area (Å²) in [6.07, 6.45) is 11.5. The van der Waals surface area contributed by atoms with Gasteiger partial charge in [-0.15, -0.1) is 12.3 Å². The van der Waals surface area contributed by atoms with E-state index in [9.17, 15) is 4.79 Å². The van der Waals surface area contributed by atoms with Gasteiger partial charge in [0.2, 0.25) is 0 Å². The third-order valence-electron chi connectivity index (χ3n) is 5.53. The third kappa shape index (κ3) is 3.05. The Labute approximate surface area is 128 Å². The van der Waals surface area contributed by atoms with Crippen LogP contribution in [0.5, 0.6) is 0 Å². The highest BCUT2D eigenvalue weighted by Gasteiger charge is 2.54. The monoisotopic (exact) mass is 289 g/mol. The number of nitrogens with zero attached hydrogens (tertiary/aromatic N) is 1. The number of carbonyl (C=O) groups excluding carboxylic acids is 1. The number of ether oxygens (including phenoxy) is 1. The molecule has 0 aromatic heterocycles. The molecule has 0 aromatic rings. The molecule has 2 atom stereocenters. The van der Waals surface area contributed by atoms with Gasteiger partial charge in [-0.3, -0.25) is 0 Å². The van der Waals surface area contributed by atoms with Crippen LogP contribution in [0.2, 0.25) is 0 Å². The van der Waals surface area contributed by atoms with Crippen molar-refractivity contribution in [2.24, 2.45) is 23.2 Å². The van der Waals surface area contributed by atoms with Crippen molar-refractivity contribution in [2.45, 2.75) is 58.5 Å². The zero-order valence-electron chi connectivity index (χ0n) is 13.5. The van der Waals surface area contributed by atoms with Gasteiger partial charge in [0.15, 0.2) is 0 Å². The molecule has 3 heteroatoms. The Morgan fingerprint density at radius 1 is 1.29 bits per heavy atom. The topological polar surface area (TPSA) is 29.5 Å². The maximum Gasteiger partial charge on any atom is 0.410 e. The summed E-state index contributed by atoms with van der Waals surface area (Å²) >= 11 is 0. The molecule has 0 bridgehead atoms. The highest BCUT2D eigenvalue weighted by molar-refractivity contribution is 5.68. The van der Waals surface area contributed by atoms with Crippen LogP contribution in [0.25, 0.3) is 0 Å². The molecule has 21 heavy (non-hydrogen) atoms. The van der Waals surface area contributed by atoms with Gasteiger partial charge < -0.3 is 9.64 Å². The normalized spacial score (nSPS) is 31.4. The van der Waals surface area contributed by atoms with Crippen LogP contribution in [0.15, 0.2) is 0 Å². The molecule has 2 aliphatic carbocycles. The lowest BCUT2D eigenvalue weighted by molar-refractivity contribution is -0.0334. The average molecular weight is 289 g/mol. The Kier molecular flexibility index (Phi) is 3.47. The zero-order valence-corrected chi connectivity index (χ0v) is 13.5. The number of likely N-dealkylation sites (tertiary alicyclic amines) is 1. The number of hydrogen-bond donors (Lipinski definition) is 0. The molecule has 2 saturated carbocycles. The van der Waals surface area contributed by atoms with Gasteiger partial charge in [-0.1, -0.05) is 0 Å². The number of hydrogen-bond acceptors (Lipinski definition) is 2. The van der Waals surface area contributed by atoms with E-state index in [1.807, 2.05) is 25.7 Å². The van der Waals surface area contributed by atoms with Gasteiger partial charge in [0.05, 0.1) is 0 Å². The van der Waals surface area contributed by atoms with Crippen molar-refractivity contribution in [1.29, 1.82) is 0 Å². The number of amides is 1. The number of rotatable bonds is 1. The minimum Gasteiger partial charge on any atom is -0.444 e. The molecule has 1 amide bonds. The van der Waals surface area contributed by atoms with Crippen LogP contribution in [-0.2, 0) is 4.74 Å². The first-order chi connectivity index (χ1) is 9.82. The molecule has 0 aromatic carbocycles. The summed E-state index contributed by atoms with van der Waals surface area (Å²) in [7, 11) is 0. The van der Waals surface area contributed by atoms with Gasteiger partial charge in [0, 0.05) is 19.0 Å². The molecule has 3 aliphatic rings.